The summed E-state index contributed by atoms with van der Waals surface area (Å²) >= 11 is 0. The van der Waals surface area contributed by atoms with E-state index in [0.29, 0.717) is 23.3 Å². The van der Waals surface area contributed by atoms with Gasteiger partial charge in [-0.2, -0.15) is 10.4 Å². The minimum Gasteiger partial charge on any atom is -0.365 e. The third-order valence-electron chi connectivity index (χ3n) is 3.40. The molecule has 0 saturated heterocycles. The third-order valence-corrected chi connectivity index (χ3v) is 3.40. The van der Waals surface area contributed by atoms with Crippen molar-refractivity contribution in [2.24, 2.45) is 5.92 Å². The molecular weight excluding hydrogens is 224 g/mol. The van der Waals surface area contributed by atoms with Crippen molar-refractivity contribution < 1.29 is 0 Å². The fourth-order valence-corrected chi connectivity index (χ4v) is 1.91. The molecule has 0 saturated carbocycles. The molecule has 0 amide bonds. The number of anilines is 1. The molecule has 2 atom stereocenters. The highest BCUT2D eigenvalue weighted by molar-refractivity contribution is 5.56. The van der Waals surface area contributed by atoms with Gasteiger partial charge in [0, 0.05) is 6.04 Å². The molecule has 0 spiro atoms. The minimum absolute atomic E-state index is 0.295. The average Bonchev–Trinajstić information content (AvgIpc) is 2.34. The van der Waals surface area contributed by atoms with Crippen LogP contribution in [-0.4, -0.2) is 16.2 Å². The molecule has 0 aliphatic carbocycles. The van der Waals surface area contributed by atoms with E-state index in [0.717, 1.165) is 24.1 Å². The second-order valence-electron chi connectivity index (χ2n) is 5.04. The van der Waals surface area contributed by atoms with Crippen LogP contribution in [0.25, 0.3) is 0 Å². The molecule has 1 heterocycles. The standard InChI is InChI=1S/C14H22N4/c1-6-9(2)7-10(3)16-14-13(8-15)11(4)12(5)17-18-14/h9-10H,6-7H2,1-5H3,(H,16,18). The predicted octanol–water partition coefficient (Wildman–Crippen LogP) is 3.20. The van der Waals surface area contributed by atoms with Crippen molar-refractivity contribution in [3.8, 4) is 6.07 Å². The molecule has 0 aromatic carbocycles. The highest BCUT2D eigenvalue weighted by atomic mass is 15.2. The van der Waals surface area contributed by atoms with Gasteiger partial charge in [0.05, 0.1) is 5.69 Å². The van der Waals surface area contributed by atoms with Gasteiger partial charge in [-0.05, 0) is 38.7 Å². The second kappa shape index (κ2) is 6.34. The first-order chi connectivity index (χ1) is 8.49. The Morgan fingerprint density at radius 3 is 2.50 bits per heavy atom. The summed E-state index contributed by atoms with van der Waals surface area (Å²) < 4.78 is 0. The highest BCUT2D eigenvalue weighted by Gasteiger charge is 2.14. The summed E-state index contributed by atoms with van der Waals surface area (Å²) in [5.41, 5.74) is 2.33. The van der Waals surface area contributed by atoms with Crippen LogP contribution in [0.3, 0.4) is 0 Å². The number of hydrogen-bond acceptors (Lipinski definition) is 4. The smallest absolute Gasteiger partial charge is 0.167 e. The molecule has 0 fully saturated rings. The Balaban J connectivity index is 2.85. The lowest BCUT2D eigenvalue weighted by Crippen LogP contribution is -2.20. The molecule has 18 heavy (non-hydrogen) atoms. The van der Waals surface area contributed by atoms with Crippen LogP contribution >= 0.6 is 0 Å². The first kappa shape index (κ1) is 14.4. The summed E-state index contributed by atoms with van der Waals surface area (Å²) in [6, 6.07) is 2.51. The van der Waals surface area contributed by atoms with E-state index in [9.17, 15) is 5.26 Å². The molecule has 2 unspecified atom stereocenters. The van der Waals surface area contributed by atoms with Gasteiger partial charge >= 0.3 is 0 Å². The summed E-state index contributed by atoms with van der Waals surface area (Å²) in [4.78, 5) is 0. The van der Waals surface area contributed by atoms with Gasteiger partial charge in [-0.1, -0.05) is 20.3 Å². The van der Waals surface area contributed by atoms with Gasteiger partial charge in [0.2, 0.25) is 0 Å². The van der Waals surface area contributed by atoms with Crippen molar-refractivity contribution in [2.75, 3.05) is 5.32 Å². The van der Waals surface area contributed by atoms with Gasteiger partial charge in [0.25, 0.3) is 0 Å². The van der Waals surface area contributed by atoms with Crippen molar-refractivity contribution in [1.29, 1.82) is 5.26 Å². The van der Waals surface area contributed by atoms with Gasteiger partial charge in [-0.25, -0.2) is 0 Å². The van der Waals surface area contributed by atoms with Crippen molar-refractivity contribution in [2.45, 2.75) is 53.5 Å². The molecule has 0 bridgehead atoms. The van der Waals surface area contributed by atoms with Crippen molar-refractivity contribution in [3.05, 3.63) is 16.8 Å². The Kier molecular flexibility index (Phi) is 5.08. The van der Waals surface area contributed by atoms with Gasteiger partial charge in [-0.3, -0.25) is 0 Å². The van der Waals surface area contributed by atoms with Gasteiger partial charge in [0.15, 0.2) is 5.82 Å². The minimum atomic E-state index is 0.295. The zero-order valence-corrected chi connectivity index (χ0v) is 11.9. The summed E-state index contributed by atoms with van der Waals surface area (Å²) in [6.45, 7) is 10.3. The maximum absolute atomic E-state index is 9.21. The highest BCUT2D eigenvalue weighted by Crippen LogP contribution is 2.19. The number of hydrogen-bond donors (Lipinski definition) is 1. The summed E-state index contributed by atoms with van der Waals surface area (Å²) in [7, 11) is 0. The Labute approximate surface area is 109 Å². The Morgan fingerprint density at radius 2 is 1.94 bits per heavy atom. The maximum Gasteiger partial charge on any atom is 0.167 e. The zero-order chi connectivity index (χ0) is 13.7. The molecule has 4 heteroatoms. The van der Waals surface area contributed by atoms with Crippen molar-refractivity contribution in [3.63, 3.8) is 0 Å². The van der Waals surface area contributed by atoms with Gasteiger partial charge in [0.1, 0.15) is 11.6 Å². The fourth-order valence-electron chi connectivity index (χ4n) is 1.91. The average molecular weight is 246 g/mol. The van der Waals surface area contributed by atoms with Gasteiger partial charge < -0.3 is 5.32 Å². The van der Waals surface area contributed by atoms with Gasteiger partial charge in [-0.15, -0.1) is 5.10 Å². The maximum atomic E-state index is 9.21. The van der Waals surface area contributed by atoms with E-state index < -0.39 is 0 Å². The molecule has 1 aromatic heterocycles. The van der Waals surface area contributed by atoms with E-state index in [1.165, 1.54) is 0 Å². The van der Waals surface area contributed by atoms with Crippen molar-refractivity contribution >= 4 is 5.82 Å². The lowest BCUT2D eigenvalue weighted by molar-refractivity contribution is 0.483. The zero-order valence-electron chi connectivity index (χ0n) is 11.9. The first-order valence-electron chi connectivity index (χ1n) is 6.50. The number of aromatic nitrogens is 2. The molecule has 0 aliphatic rings. The van der Waals surface area contributed by atoms with E-state index in [-0.39, 0.29) is 0 Å². The van der Waals surface area contributed by atoms with E-state index in [1.54, 1.807) is 0 Å². The molecule has 1 N–H and O–H groups in total. The van der Waals surface area contributed by atoms with E-state index in [4.69, 9.17) is 0 Å². The Bertz CT molecular complexity index is 448. The summed E-state index contributed by atoms with van der Waals surface area (Å²) in [5.74, 6) is 1.27. The number of aryl methyl sites for hydroxylation is 1. The van der Waals surface area contributed by atoms with Crippen LogP contribution in [0.5, 0.6) is 0 Å². The molecule has 0 radical (unpaired) electrons. The number of nitriles is 1. The monoisotopic (exact) mass is 246 g/mol. The normalized spacial score (nSPS) is 13.8. The SMILES string of the molecule is CCC(C)CC(C)Nc1nnc(C)c(C)c1C#N. The van der Waals surface area contributed by atoms with Crippen LogP contribution in [-0.2, 0) is 0 Å². The summed E-state index contributed by atoms with van der Waals surface area (Å²) in [6.07, 6.45) is 2.23. The lowest BCUT2D eigenvalue weighted by Gasteiger charge is -2.19. The van der Waals surface area contributed by atoms with Crippen LogP contribution in [0.15, 0.2) is 0 Å². The van der Waals surface area contributed by atoms with Crippen LogP contribution in [0.4, 0.5) is 5.82 Å². The summed E-state index contributed by atoms with van der Waals surface area (Å²) in [5, 5.41) is 20.7. The number of nitrogens with one attached hydrogen (secondary N) is 1. The number of rotatable bonds is 5. The van der Waals surface area contributed by atoms with Crippen LogP contribution in [0.1, 0.15) is 50.4 Å². The predicted molar refractivity (Wildman–Crippen MR) is 73.4 cm³/mol. The van der Waals surface area contributed by atoms with Crippen molar-refractivity contribution in [1.82, 2.24) is 10.2 Å². The third kappa shape index (κ3) is 3.43. The molecule has 1 aromatic rings. The molecule has 1 rings (SSSR count). The van der Waals surface area contributed by atoms with Crippen LogP contribution < -0.4 is 5.32 Å². The topological polar surface area (TPSA) is 61.6 Å². The van der Waals surface area contributed by atoms with E-state index >= 15 is 0 Å². The molecular formula is C14H22N4. The largest absolute Gasteiger partial charge is 0.365 e. The Morgan fingerprint density at radius 1 is 1.28 bits per heavy atom. The molecule has 0 aliphatic heterocycles. The van der Waals surface area contributed by atoms with E-state index in [2.05, 4.69) is 42.4 Å². The van der Waals surface area contributed by atoms with Crippen LogP contribution in [0, 0.1) is 31.1 Å². The first-order valence-corrected chi connectivity index (χ1v) is 6.50. The second-order valence-corrected chi connectivity index (χ2v) is 5.04. The quantitative estimate of drug-likeness (QED) is 0.866. The Hall–Kier alpha value is -1.63. The molecule has 98 valence electrons. The molecule has 4 nitrogen and oxygen atoms in total. The van der Waals surface area contributed by atoms with Crippen LogP contribution in [0.2, 0.25) is 0 Å². The fraction of sp³-hybridized carbons (Fsp3) is 0.643. The lowest BCUT2D eigenvalue weighted by atomic mass is 10.00. The van der Waals surface area contributed by atoms with E-state index in [1.807, 2.05) is 13.8 Å². The number of nitrogens with zero attached hydrogens (tertiary/aromatic N) is 3.